The number of carbonyl (C=O) groups is 2. The van der Waals surface area contributed by atoms with E-state index in [0.717, 1.165) is 30.0 Å². The van der Waals surface area contributed by atoms with Gasteiger partial charge < -0.3 is 14.0 Å². The zero-order valence-electron chi connectivity index (χ0n) is 17.1. The quantitative estimate of drug-likeness (QED) is 0.429. The third-order valence-corrected chi connectivity index (χ3v) is 4.77. The minimum absolute atomic E-state index is 0.0283. The van der Waals surface area contributed by atoms with Crippen LogP contribution in [0.1, 0.15) is 45.6 Å². The van der Waals surface area contributed by atoms with E-state index < -0.39 is 5.97 Å². The summed E-state index contributed by atoms with van der Waals surface area (Å²) in [5.41, 5.74) is 3.29. The Kier molecular flexibility index (Phi) is 6.16. The second-order valence-electron chi connectivity index (χ2n) is 6.76. The Labute approximate surface area is 169 Å². The molecule has 0 spiro atoms. The van der Waals surface area contributed by atoms with E-state index in [1.807, 2.05) is 50.2 Å². The van der Waals surface area contributed by atoms with Crippen LogP contribution in [0.3, 0.4) is 0 Å². The number of nitrogens with zero attached hydrogens (tertiary/aromatic N) is 3. The Morgan fingerprint density at radius 1 is 1.14 bits per heavy atom. The molecule has 0 bridgehead atoms. The van der Waals surface area contributed by atoms with Crippen molar-refractivity contribution in [2.75, 3.05) is 13.7 Å². The van der Waals surface area contributed by atoms with Crippen LogP contribution in [0.15, 0.2) is 42.6 Å². The fraction of sp³-hybridized carbons (Fsp3) is 0.318. The number of hydrogen-bond donors (Lipinski definition) is 0. The molecule has 3 rings (SSSR count). The van der Waals surface area contributed by atoms with E-state index in [-0.39, 0.29) is 23.8 Å². The third kappa shape index (κ3) is 4.23. The first-order valence-electron chi connectivity index (χ1n) is 9.52. The monoisotopic (exact) mass is 395 g/mol. The molecular weight excluding hydrogens is 370 g/mol. The van der Waals surface area contributed by atoms with Gasteiger partial charge in [0.25, 0.3) is 0 Å². The molecule has 0 aliphatic carbocycles. The van der Waals surface area contributed by atoms with Crippen molar-refractivity contribution in [3.8, 4) is 11.4 Å². The van der Waals surface area contributed by atoms with Gasteiger partial charge in [-0.25, -0.2) is 9.48 Å². The molecule has 7 nitrogen and oxygen atoms in total. The summed E-state index contributed by atoms with van der Waals surface area (Å²) in [4.78, 5) is 25.1. The van der Waals surface area contributed by atoms with Crippen molar-refractivity contribution in [2.24, 2.45) is 0 Å². The summed E-state index contributed by atoms with van der Waals surface area (Å²) in [6, 6.07) is 11.2. The number of rotatable bonds is 8. The van der Waals surface area contributed by atoms with Crippen LogP contribution in [0.25, 0.3) is 5.69 Å². The highest BCUT2D eigenvalue weighted by Crippen LogP contribution is 2.21. The van der Waals surface area contributed by atoms with Crippen molar-refractivity contribution in [3.05, 3.63) is 65.2 Å². The molecule has 0 N–H and O–H groups in total. The van der Waals surface area contributed by atoms with E-state index in [2.05, 4.69) is 16.6 Å². The summed E-state index contributed by atoms with van der Waals surface area (Å²) in [6.07, 6.45) is 2.58. The van der Waals surface area contributed by atoms with Crippen LogP contribution in [0, 0.1) is 13.8 Å². The number of para-hydroxylation sites is 1. The zero-order chi connectivity index (χ0) is 21.0. The number of aromatic nitrogens is 3. The number of methoxy groups -OCH3 is 1. The van der Waals surface area contributed by atoms with Gasteiger partial charge in [0.15, 0.2) is 12.4 Å². The lowest BCUT2D eigenvalue weighted by Gasteiger charge is -2.08. The van der Waals surface area contributed by atoms with Gasteiger partial charge in [0.1, 0.15) is 0 Å². The highest BCUT2D eigenvalue weighted by molar-refractivity contribution is 6.00. The van der Waals surface area contributed by atoms with Gasteiger partial charge >= 0.3 is 5.97 Å². The summed E-state index contributed by atoms with van der Waals surface area (Å²) < 4.78 is 14.1. The molecule has 3 aromatic rings. The number of carbonyl (C=O) groups excluding carboxylic acids is 2. The van der Waals surface area contributed by atoms with Gasteiger partial charge in [0.05, 0.1) is 19.0 Å². The maximum absolute atomic E-state index is 12.6. The fourth-order valence-corrected chi connectivity index (χ4v) is 3.29. The van der Waals surface area contributed by atoms with E-state index in [4.69, 9.17) is 9.47 Å². The molecule has 0 amide bonds. The van der Waals surface area contributed by atoms with Crippen molar-refractivity contribution in [2.45, 2.75) is 33.7 Å². The lowest BCUT2D eigenvalue weighted by atomic mass is 10.1. The normalized spacial score (nSPS) is 10.8. The summed E-state index contributed by atoms with van der Waals surface area (Å²) in [5, 5.41) is 4.26. The second kappa shape index (κ2) is 8.77. The van der Waals surface area contributed by atoms with E-state index in [1.54, 1.807) is 6.20 Å². The zero-order valence-corrected chi connectivity index (χ0v) is 17.1. The van der Waals surface area contributed by atoms with Crippen molar-refractivity contribution in [3.63, 3.8) is 0 Å². The number of esters is 1. The Balaban J connectivity index is 1.73. The van der Waals surface area contributed by atoms with Gasteiger partial charge in [-0.15, -0.1) is 0 Å². The van der Waals surface area contributed by atoms with Crippen LogP contribution >= 0.6 is 0 Å². The summed E-state index contributed by atoms with van der Waals surface area (Å²) in [5.74, 6) is -0.657. The maximum Gasteiger partial charge on any atom is 0.363 e. The molecule has 2 heterocycles. The molecule has 0 fully saturated rings. The van der Waals surface area contributed by atoms with Crippen molar-refractivity contribution in [1.82, 2.24) is 14.3 Å². The molecule has 152 valence electrons. The molecular formula is C22H25N3O4. The number of hydrogen-bond acceptors (Lipinski definition) is 5. The summed E-state index contributed by atoms with van der Waals surface area (Å²) >= 11 is 0. The largest absolute Gasteiger partial charge is 0.493 e. The smallest absolute Gasteiger partial charge is 0.363 e. The molecule has 0 saturated carbocycles. The van der Waals surface area contributed by atoms with Crippen molar-refractivity contribution in [1.29, 1.82) is 0 Å². The Morgan fingerprint density at radius 2 is 1.86 bits per heavy atom. The van der Waals surface area contributed by atoms with Crippen molar-refractivity contribution >= 4 is 11.8 Å². The average Bonchev–Trinajstić information content (AvgIpc) is 3.29. The number of Topliss-reactive ketones (excluding diaryl/α,β-unsaturated/α-hetero) is 1. The number of aryl methyl sites for hydroxylation is 1. The molecule has 29 heavy (non-hydrogen) atoms. The first-order chi connectivity index (χ1) is 14.0. The van der Waals surface area contributed by atoms with E-state index in [0.29, 0.717) is 5.56 Å². The first-order valence-corrected chi connectivity index (χ1v) is 9.52. The Hall–Kier alpha value is -3.35. The molecule has 1 aromatic carbocycles. The van der Waals surface area contributed by atoms with E-state index >= 15 is 0 Å². The van der Waals surface area contributed by atoms with Crippen LogP contribution in [0.2, 0.25) is 0 Å². The Morgan fingerprint density at radius 3 is 2.52 bits per heavy atom. The van der Waals surface area contributed by atoms with Crippen LogP contribution in [0.4, 0.5) is 0 Å². The molecule has 0 aliphatic heterocycles. The van der Waals surface area contributed by atoms with E-state index in [1.165, 1.54) is 11.8 Å². The molecule has 0 unspecified atom stereocenters. The van der Waals surface area contributed by atoms with Gasteiger partial charge in [-0.05, 0) is 38.5 Å². The highest BCUT2D eigenvalue weighted by atomic mass is 16.5. The predicted molar refractivity (Wildman–Crippen MR) is 109 cm³/mol. The minimum atomic E-state index is -0.702. The first kappa shape index (κ1) is 20.4. The number of ketones is 1. The van der Waals surface area contributed by atoms with E-state index in [9.17, 15) is 9.59 Å². The SMILES string of the molecule is CCCn1c(C)cc(C(=O)COC(=O)c2nn(-c3ccccc3)cc2OC)c1C. The second-order valence-corrected chi connectivity index (χ2v) is 6.76. The maximum atomic E-state index is 12.6. The van der Waals surface area contributed by atoms with Crippen LogP contribution in [0.5, 0.6) is 5.75 Å². The van der Waals surface area contributed by atoms with Gasteiger partial charge in [-0.2, -0.15) is 5.10 Å². The number of ether oxygens (including phenoxy) is 2. The van der Waals surface area contributed by atoms with Gasteiger partial charge in [0.2, 0.25) is 11.5 Å². The summed E-state index contributed by atoms with van der Waals surface area (Å²) in [7, 11) is 1.46. The molecule has 0 aliphatic rings. The fourth-order valence-electron chi connectivity index (χ4n) is 3.29. The highest BCUT2D eigenvalue weighted by Gasteiger charge is 2.22. The Bertz CT molecular complexity index is 1020. The van der Waals surface area contributed by atoms with Crippen LogP contribution in [-0.4, -0.2) is 39.8 Å². The average molecular weight is 395 g/mol. The van der Waals surface area contributed by atoms with Crippen LogP contribution < -0.4 is 4.74 Å². The number of benzene rings is 1. The van der Waals surface area contributed by atoms with Gasteiger partial charge in [0, 0.05) is 23.5 Å². The predicted octanol–water partition coefficient (Wildman–Crippen LogP) is 3.75. The van der Waals surface area contributed by atoms with Crippen LogP contribution in [-0.2, 0) is 11.3 Å². The standard InChI is InChI=1S/C22H25N3O4/c1-5-11-24-15(2)12-18(16(24)3)19(26)14-29-22(27)21-20(28-4)13-25(23-21)17-9-7-6-8-10-17/h6-10,12-13H,5,11,14H2,1-4H3. The third-order valence-electron chi connectivity index (χ3n) is 4.77. The minimum Gasteiger partial charge on any atom is -0.493 e. The topological polar surface area (TPSA) is 75.4 Å². The molecule has 0 atom stereocenters. The van der Waals surface area contributed by atoms with Crippen molar-refractivity contribution < 1.29 is 19.1 Å². The molecule has 0 radical (unpaired) electrons. The molecule has 0 saturated heterocycles. The summed E-state index contributed by atoms with van der Waals surface area (Å²) in [6.45, 7) is 6.45. The molecule has 2 aromatic heterocycles. The molecule has 7 heteroatoms. The lowest BCUT2D eigenvalue weighted by molar-refractivity contribution is 0.0465. The van der Waals surface area contributed by atoms with Gasteiger partial charge in [-0.3, -0.25) is 4.79 Å². The van der Waals surface area contributed by atoms with Gasteiger partial charge in [-0.1, -0.05) is 25.1 Å². The lowest BCUT2D eigenvalue weighted by Crippen LogP contribution is -2.16.